The van der Waals surface area contributed by atoms with Crippen LogP contribution in [0.3, 0.4) is 0 Å². The van der Waals surface area contributed by atoms with E-state index >= 15 is 0 Å². The Morgan fingerprint density at radius 1 is 1.19 bits per heavy atom. The van der Waals surface area contributed by atoms with E-state index in [0.29, 0.717) is 29.8 Å². The van der Waals surface area contributed by atoms with Gasteiger partial charge in [-0.3, -0.25) is 24.7 Å². The second-order valence-electron chi connectivity index (χ2n) is 8.45. The Hall–Kier alpha value is -4.34. The van der Waals surface area contributed by atoms with Crippen molar-refractivity contribution in [3.05, 3.63) is 87.1 Å². The number of methoxy groups -OCH3 is 1. The zero-order chi connectivity index (χ0) is 26.9. The van der Waals surface area contributed by atoms with Gasteiger partial charge < -0.3 is 14.8 Å². The number of amides is 1. The van der Waals surface area contributed by atoms with Gasteiger partial charge in [-0.2, -0.15) is 0 Å². The molecule has 194 valence electrons. The minimum atomic E-state index is -0.979. The predicted octanol–water partition coefficient (Wildman–Crippen LogP) is 4.03. The van der Waals surface area contributed by atoms with Gasteiger partial charge in [0, 0.05) is 23.8 Å². The number of carbonyl (C=O) groups excluding carboxylic acids is 3. The normalized spacial score (nSPS) is 17.9. The average Bonchev–Trinajstić information content (AvgIpc) is 2.90. The molecule has 0 radical (unpaired) electrons. The number of ether oxygens (including phenoxy) is 2. The molecule has 0 saturated heterocycles. The van der Waals surface area contributed by atoms with E-state index < -0.39 is 28.7 Å². The van der Waals surface area contributed by atoms with Crippen LogP contribution in [0.4, 0.5) is 5.69 Å². The van der Waals surface area contributed by atoms with E-state index in [1.165, 1.54) is 25.3 Å². The van der Waals surface area contributed by atoms with Gasteiger partial charge in [-0.1, -0.05) is 42.5 Å². The van der Waals surface area contributed by atoms with Crippen molar-refractivity contribution < 1.29 is 28.8 Å². The lowest BCUT2D eigenvalue weighted by atomic mass is 9.75. The first-order chi connectivity index (χ1) is 17.8. The van der Waals surface area contributed by atoms with Crippen molar-refractivity contribution in [2.45, 2.75) is 38.6 Å². The monoisotopic (exact) mass is 507 g/mol. The van der Waals surface area contributed by atoms with Gasteiger partial charge >= 0.3 is 11.9 Å². The lowest BCUT2D eigenvalue weighted by Crippen LogP contribution is -2.36. The summed E-state index contributed by atoms with van der Waals surface area (Å²) in [6.07, 6.45) is 1.29. The number of hydrogen-bond donors (Lipinski definition) is 1. The highest BCUT2D eigenvalue weighted by atomic mass is 16.6. The quantitative estimate of drug-likeness (QED) is 0.210. The largest absolute Gasteiger partial charge is 0.468 e. The molecule has 3 unspecified atom stereocenters. The van der Waals surface area contributed by atoms with Gasteiger partial charge in [-0.25, -0.2) is 4.79 Å². The fraction of sp³-hybridized carbons (Fsp3) is 0.333. The lowest BCUT2D eigenvalue weighted by molar-refractivity contribution is -0.384. The fourth-order valence-corrected chi connectivity index (χ4v) is 4.59. The van der Waals surface area contributed by atoms with Crippen LogP contribution in [0.25, 0.3) is 0 Å². The SMILES string of the molecule is CCOC(=O)C1=C(CCC(NC=O)c2ccccc2)N=C(C)C(C(=O)OC)C1c1cccc([N+](=O)[O-])c1. The number of benzene rings is 2. The van der Waals surface area contributed by atoms with E-state index in [1.807, 2.05) is 30.3 Å². The van der Waals surface area contributed by atoms with Crippen LogP contribution in [0.5, 0.6) is 0 Å². The van der Waals surface area contributed by atoms with Gasteiger partial charge in [0.1, 0.15) is 5.92 Å². The third-order valence-electron chi connectivity index (χ3n) is 6.25. The van der Waals surface area contributed by atoms with Crippen molar-refractivity contribution in [3.8, 4) is 0 Å². The number of allylic oxidation sites excluding steroid dienone is 1. The Bertz CT molecular complexity index is 1220. The van der Waals surface area contributed by atoms with E-state index in [9.17, 15) is 24.5 Å². The molecule has 1 amide bonds. The van der Waals surface area contributed by atoms with Crippen LogP contribution in [0.15, 0.2) is 70.9 Å². The molecule has 0 fully saturated rings. The summed E-state index contributed by atoms with van der Waals surface area (Å²) in [7, 11) is 1.24. The van der Waals surface area contributed by atoms with Crippen LogP contribution in [-0.4, -0.2) is 42.7 Å². The third-order valence-corrected chi connectivity index (χ3v) is 6.25. The molecule has 1 heterocycles. The molecule has 1 aliphatic heterocycles. The first kappa shape index (κ1) is 27.3. The predicted molar refractivity (Wildman–Crippen MR) is 136 cm³/mol. The highest BCUT2D eigenvalue weighted by molar-refractivity contribution is 6.07. The van der Waals surface area contributed by atoms with Crippen molar-refractivity contribution in [2.24, 2.45) is 10.9 Å². The molecule has 3 atom stereocenters. The molecule has 0 spiro atoms. The highest BCUT2D eigenvalue weighted by Gasteiger charge is 2.43. The van der Waals surface area contributed by atoms with Crippen LogP contribution in [0, 0.1) is 16.0 Å². The molecule has 10 heteroatoms. The Balaban J connectivity index is 2.14. The molecular formula is C27H29N3O7. The number of esters is 2. The first-order valence-electron chi connectivity index (χ1n) is 11.8. The Morgan fingerprint density at radius 2 is 1.92 bits per heavy atom. The van der Waals surface area contributed by atoms with Gasteiger partial charge in [0.25, 0.3) is 5.69 Å². The fourth-order valence-electron chi connectivity index (χ4n) is 4.59. The maximum absolute atomic E-state index is 13.3. The van der Waals surface area contributed by atoms with E-state index in [0.717, 1.165) is 5.56 Å². The summed E-state index contributed by atoms with van der Waals surface area (Å²) >= 11 is 0. The zero-order valence-corrected chi connectivity index (χ0v) is 20.9. The summed E-state index contributed by atoms with van der Waals surface area (Å²) in [5, 5.41) is 14.3. The Morgan fingerprint density at radius 3 is 2.54 bits per heavy atom. The maximum atomic E-state index is 13.3. The molecular weight excluding hydrogens is 478 g/mol. The highest BCUT2D eigenvalue weighted by Crippen LogP contribution is 2.42. The summed E-state index contributed by atoms with van der Waals surface area (Å²) in [5.41, 5.74) is 2.04. The molecule has 2 aromatic carbocycles. The number of aliphatic imine (C=N–C) groups is 1. The number of non-ortho nitro benzene ring substituents is 1. The number of rotatable bonds is 11. The zero-order valence-electron chi connectivity index (χ0n) is 20.9. The average molecular weight is 508 g/mol. The molecule has 37 heavy (non-hydrogen) atoms. The van der Waals surface area contributed by atoms with Crippen LogP contribution in [0.2, 0.25) is 0 Å². The van der Waals surface area contributed by atoms with E-state index in [2.05, 4.69) is 10.3 Å². The second-order valence-corrected chi connectivity index (χ2v) is 8.45. The summed E-state index contributed by atoms with van der Waals surface area (Å²) in [5.74, 6) is -3.18. The molecule has 1 N–H and O–H groups in total. The lowest BCUT2D eigenvalue weighted by Gasteiger charge is -2.32. The van der Waals surface area contributed by atoms with Crippen molar-refractivity contribution in [1.82, 2.24) is 5.32 Å². The molecule has 1 aliphatic rings. The van der Waals surface area contributed by atoms with Crippen molar-refractivity contribution in [3.63, 3.8) is 0 Å². The molecule has 0 saturated carbocycles. The molecule has 0 bridgehead atoms. The second kappa shape index (κ2) is 12.6. The van der Waals surface area contributed by atoms with Crippen molar-refractivity contribution in [1.29, 1.82) is 0 Å². The van der Waals surface area contributed by atoms with Crippen LogP contribution < -0.4 is 5.32 Å². The van der Waals surface area contributed by atoms with Crippen LogP contribution in [0.1, 0.15) is 49.8 Å². The van der Waals surface area contributed by atoms with Crippen molar-refractivity contribution >= 4 is 29.7 Å². The number of nitrogens with one attached hydrogen (secondary N) is 1. The van der Waals surface area contributed by atoms with Crippen molar-refractivity contribution in [2.75, 3.05) is 13.7 Å². The molecule has 0 aromatic heterocycles. The smallest absolute Gasteiger partial charge is 0.336 e. The minimum Gasteiger partial charge on any atom is -0.468 e. The summed E-state index contributed by atoms with van der Waals surface area (Å²) < 4.78 is 10.4. The van der Waals surface area contributed by atoms with E-state index in [-0.39, 0.29) is 30.3 Å². The van der Waals surface area contributed by atoms with E-state index in [4.69, 9.17) is 9.47 Å². The van der Waals surface area contributed by atoms with Gasteiger partial charge in [-0.15, -0.1) is 0 Å². The number of nitro benzene ring substituents is 1. The van der Waals surface area contributed by atoms with Crippen LogP contribution in [-0.2, 0) is 23.9 Å². The molecule has 0 aliphatic carbocycles. The summed E-state index contributed by atoms with van der Waals surface area (Å²) in [6, 6.07) is 14.8. The van der Waals surface area contributed by atoms with Gasteiger partial charge in [-0.05, 0) is 37.8 Å². The van der Waals surface area contributed by atoms with Gasteiger partial charge in [0.2, 0.25) is 6.41 Å². The Labute approximate surface area is 214 Å². The topological polar surface area (TPSA) is 137 Å². The number of hydrogen-bond acceptors (Lipinski definition) is 8. The van der Waals surface area contributed by atoms with E-state index in [1.54, 1.807) is 19.9 Å². The third kappa shape index (κ3) is 6.27. The first-order valence-corrected chi connectivity index (χ1v) is 11.8. The molecule has 3 rings (SSSR count). The number of carbonyl (C=O) groups is 3. The van der Waals surface area contributed by atoms with Gasteiger partial charge in [0.05, 0.1) is 36.0 Å². The summed E-state index contributed by atoms with van der Waals surface area (Å²) in [4.78, 5) is 53.1. The maximum Gasteiger partial charge on any atom is 0.336 e. The van der Waals surface area contributed by atoms with Crippen LogP contribution >= 0.6 is 0 Å². The molecule has 2 aromatic rings. The standard InChI is InChI=1S/C27H29N3O7/c1-4-37-27(33)25-22(14-13-21(28-16-31)18-9-6-5-7-10-18)29-17(2)23(26(32)36-3)24(25)19-11-8-12-20(15-19)30(34)35/h5-12,15-16,21,23-24H,4,13-14H2,1-3H3,(H,28,31). The minimum absolute atomic E-state index is 0.0855. The number of nitrogens with zero attached hydrogens (tertiary/aromatic N) is 2. The number of nitro groups is 1. The molecule has 10 nitrogen and oxygen atoms in total. The van der Waals surface area contributed by atoms with Gasteiger partial charge in [0.15, 0.2) is 0 Å². The Kier molecular flexibility index (Phi) is 9.26. The summed E-state index contributed by atoms with van der Waals surface area (Å²) in [6.45, 7) is 3.41.